The topological polar surface area (TPSA) is 21.7 Å². The molecule has 1 fully saturated rings. The van der Waals surface area contributed by atoms with Gasteiger partial charge in [-0.15, -0.1) is 0 Å². The Balaban J connectivity index is 2.04. The van der Waals surface area contributed by atoms with E-state index < -0.39 is 6.61 Å². The lowest BCUT2D eigenvalue weighted by Crippen LogP contribution is -2.30. The first-order valence-corrected chi connectivity index (χ1v) is 6.52. The minimum atomic E-state index is -2.78. The molecule has 1 aromatic rings. The Hall–Kier alpha value is -1.20. The van der Waals surface area contributed by atoms with Gasteiger partial charge in [0, 0.05) is 31.8 Å². The van der Waals surface area contributed by atoms with Crippen molar-refractivity contribution < 1.29 is 18.3 Å². The minimum Gasteiger partial charge on any atom is -0.434 e. The first-order chi connectivity index (χ1) is 9.15. The third kappa shape index (κ3) is 4.44. The molecule has 1 heterocycles. The molecule has 2 rings (SSSR count). The number of benzene rings is 1. The zero-order valence-corrected chi connectivity index (χ0v) is 11.0. The number of nitrogens with zero attached hydrogens (tertiary/aromatic N) is 1. The van der Waals surface area contributed by atoms with Gasteiger partial charge in [-0.05, 0) is 19.4 Å². The Kier molecular flexibility index (Phi) is 5.10. The summed E-state index contributed by atoms with van der Waals surface area (Å²) in [4.78, 5) is 2.21. The van der Waals surface area contributed by atoms with Crippen LogP contribution in [0.3, 0.4) is 0 Å². The smallest absolute Gasteiger partial charge is 0.387 e. The van der Waals surface area contributed by atoms with Gasteiger partial charge in [-0.3, -0.25) is 4.90 Å². The van der Waals surface area contributed by atoms with Crippen molar-refractivity contribution in [1.82, 2.24) is 4.90 Å². The summed E-state index contributed by atoms with van der Waals surface area (Å²) in [6.07, 6.45) is 1.13. The van der Waals surface area contributed by atoms with E-state index in [4.69, 9.17) is 4.74 Å². The molecule has 5 heteroatoms. The fourth-order valence-corrected chi connectivity index (χ4v) is 2.31. The monoisotopic (exact) mass is 271 g/mol. The fourth-order valence-electron chi connectivity index (χ4n) is 2.31. The van der Waals surface area contributed by atoms with Crippen LogP contribution < -0.4 is 4.74 Å². The molecule has 0 aliphatic carbocycles. The second-order valence-electron chi connectivity index (χ2n) is 4.76. The van der Waals surface area contributed by atoms with Crippen LogP contribution in [0, 0.1) is 0 Å². The van der Waals surface area contributed by atoms with Crippen LogP contribution in [-0.2, 0) is 11.3 Å². The first-order valence-electron chi connectivity index (χ1n) is 6.52. The zero-order chi connectivity index (χ0) is 13.7. The number of hydrogen-bond acceptors (Lipinski definition) is 3. The highest BCUT2D eigenvalue weighted by molar-refractivity contribution is 5.33. The van der Waals surface area contributed by atoms with Crippen molar-refractivity contribution in [2.24, 2.45) is 0 Å². The number of rotatable bonds is 4. The largest absolute Gasteiger partial charge is 0.434 e. The van der Waals surface area contributed by atoms with Gasteiger partial charge >= 0.3 is 6.61 Å². The van der Waals surface area contributed by atoms with E-state index in [9.17, 15) is 8.78 Å². The lowest BCUT2D eigenvalue weighted by molar-refractivity contribution is -0.0508. The highest BCUT2D eigenvalue weighted by Gasteiger charge is 2.17. The molecule has 0 bridgehead atoms. The second-order valence-corrected chi connectivity index (χ2v) is 4.76. The number of hydrogen-bond donors (Lipinski definition) is 0. The Morgan fingerprint density at radius 2 is 2.21 bits per heavy atom. The lowest BCUT2D eigenvalue weighted by atomic mass is 10.2. The number of alkyl halides is 2. The standard InChI is InChI=1S/C14H19F2NO2/c1-11-9-17(7-4-8-18-11)10-12-5-2-3-6-13(12)19-14(15)16/h2-3,5-6,11,14H,4,7-10H2,1H3. The molecule has 1 atom stereocenters. The third-order valence-electron chi connectivity index (χ3n) is 3.12. The minimum absolute atomic E-state index is 0.172. The molecule has 1 unspecified atom stereocenters. The third-order valence-corrected chi connectivity index (χ3v) is 3.12. The van der Waals surface area contributed by atoms with E-state index >= 15 is 0 Å². The van der Waals surface area contributed by atoms with Gasteiger partial charge in [-0.25, -0.2) is 0 Å². The molecular weight excluding hydrogens is 252 g/mol. The van der Waals surface area contributed by atoms with Crippen molar-refractivity contribution in [2.75, 3.05) is 19.7 Å². The van der Waals surface area contributed by atoms with E-state index in [0.29, 0.717) is 6.54 Å². The van der Waals surface area contributed by atoms with E-state index in [1.54, 1.807) is 12.1 Å². The Labute approximate surface area is 112 Å². The second kappa shape index (κ2) is 6.82. The summed E-state index contributed by atoms with van der Waals surface area (Å²) in [7, 11) is 0. The molecule has 3 nitrogen and oxygen atoms in total. The molecule has 0 N–H and O–H groups in total. The molecule has 0 aromatic heterocycles. The van der Waals surface area contributed by atoms with Gasteiger partial charge < -0.3 is 9.47 Å². The molecular formula is C14H19F2NO2. The van der Waals surface area contributed by atoms with E-state index in [0.717, 1.165) is 31.7 Å². The maximum absolute atomic E-state index is 12.4. The predicted molar refractivity (Wildman–Crippen MR) is 68.4 cm³/mol. The molecule has 0 saturated carbocycles. The van der Waals surface area contributed by atoms with Crippen LogP contribution in [0.4, 0.5) is 8.78 Å². The van der Waals surface area contributed by atoms with E-state index in [1.807, 2.05) is 19.1 Å². The van der Waals surface area contributed by atoms with Crippen LogP contribution in [0.5, 0.6) is 5.75 Å². The quantitative estimate of drug-likeness (QED) is 0.840. The van der Waals surface area contributed by atoms with Crippen LogP contribution in [0.1, 0.15) is 18.9 Å². The molecule has 1 saturated heterocycles. The van der Waals surface area contributed by atoms with Crippen LogP contribution in [0.15, 0.2) is 24.3 Å². The van der Waals surface area contributed by atoms with Crippen LogP contribution in [-0.4, -0.2) is 37.3 Å². The summed E-state index contributed by atoms with van der Waals surface area (Å²) in [6.45, 7) is 2.33. The molecule has 19 heavy (non-hydrogen) atoms. The van der Waals surface area contributed by atoms with Crippen molar-refractivity contribution in [3.63, 3.8) is 0 Å². The Morgan fingerprint density at radius 3 is 3.00 bits per heavy atom. The van der Waals surface area contributed by atoms with E-state index in [1.165, 1.54) is 0 Å². The van der Waals surface area contributed by atoms with Crippen LogP contribution in [0.2, 0.25) is 0 Å². The summed E-state index contributed by atoms with van der Waals surface area (Å²) in [5.74, 6) is 0.260. The summed E-state index contributed by atoms with van der Waals surface area (Å²) in [5, 5.41) is 0. The summed E-state index contributed by atoms with van der Waals surface area (Å²) in [6, 6.07) is 6.95. The van der Waals surface area contributed by atoms with Gasteiger partial charge in [0.05, 0.1) is 6.10 Å². The van der Waals surface area contributed by atoms with Crippen molar-refractivity contribution in [3.8, 4) is 5.75 Å². The molecule has 0 radical (unpaired) electrons. The highest BCUT2D eigenvalue weighted by Crippen LogP contribution is 2.22. The molecule has 1 aliphatic rings. The van der Waals surface area contributed by atoms with E-state index in [2.05, 4.69) is 9.64 Å². The normalized spacial score (nSPS) is 21.4. The molecule has 0 spiro atoms. The molecule has 0 amide bonds. The van der Waals surface area contributed by atoms with Gasteiger partial charge in [-0.2, -0.15) is 8.78 Å². The number of halogens is 2. The maximum Gasteiger partial charge on any atom is 0.387 e. The Morgan fingerprint density at radius 1 is 1.42 bits per heavy atom. The molecule has 1 aliphatic heterocycles. The van der Waals surface area contributed by atoms with Crippen molar-refractivity contribution in [2.45, 2.75) is 32.6 Å². The van der Waals surface area contributed by atoms with Gasteiger partial charge in [0.1, 0.15) is 5.75 Å². The fraction of sp³-hybridized carbons (Fsp3) is 0.571. The van der Waals surface area contributed by atoms with E-state index in [-0.39, 0.29) is 11.9 Å². The Bertz CT molecular complexity index is 401. The zero-order valence-electron chi connectivity index (χ0n) is 11.0. The van der Waals surface area contributed by atoms with Crippen LogP contribution >= 0.6 is 0 Å². The number of para-hydroxylation sites is 1. The average molecular weight is 271 g/mol. The summed E-state index contributed by atoms with van der Waals surface area (Å²) < 4.78 is 34.8. The van der Waals surface area contributed by atoms with Gasteiger partial charge in [0.2, 0.25) is 0 Å². The first kappa shape index (κ1) is 14.2. The van der Waals surface area contributed by atoms with Gasteiger partial charge in [-0.1, -0.05) is 18.2 Å². The average Bonchev–Trinajstić information content (AvgIpc) is 2.55. The molecule has 106 valence electrons. The predicted octanol–water partition coefficient (Wildman–Crippen LogP) is 2.90. The van der Waals surface area contributed by atoms with Crippen molar-refractivity contribution in [1.29, 1.82) is 0 Å². The summed E-state index contributed by atoms with van der Waals surface area (Å²) >= 11 is 0. The molecule has 1 aromatic carbocycles. The van der Waals surface area contributed by atoms with Crippen molar-refractivity contribution >= 4 is 0 Å². The summed E-state index contributed by atoms with van der Waals surface area (Å²) in [5.41, 5.74) is 0.789. The SMILES string of the molecule is CC1CN(Cc2ccccc2OC(F)F)CCCO1. The number of ether oxygens (including phenoxy) is 2. The van der Waals surface area contributed by atoms with Gasteiger partial charge in [0.25, 0.3) is 0 Å². The van der Waals surface area contributed by atoms with Gasteiger partial charge in [0.15, 0.2) is 0 Å². The van der Waals surface area contributed by atoms with Crippen molar-refractivity contribution in [3.05, 3.63) is 29.8 Å². The highest BCUT2D eigenvalue weighted by atomic mass is 19.3. The lowest BCUT2D eigenvalue weighted by Gasteiger charge is -2.23. The van der Waals surface area contributed by atoms with Crippen LogP contribution in [0.25, 0.3) is 0 Å². The maximum atomic E-state index is 12.4.